The van der Waals surface area contributed by atoms with Crippen LogP contribution in [0.5, 0.6) is 11.5 Å². The summed E-state index contributed by atoms with van der Waals surface area (Å²) in [6, 6.07) is 9.69. The van der Waals surface area contributed by atoms with Gasteiger partial charge in [0.15, 0.2) is 17.6 Å². The van der Waals surface area contributed by atoms with Gasteiger partial charge in [0.25, 0.3) is 5.91 Å². The Morgan fingerprint density at radius 1 is 1.20 bits per heavy atom. The number of carbonyl (C=O) groups excluding carboxylic acids is 1. The molecule has 1 unspecified atom stereocenters. The molecule has 0 spiro atoms. The van der Waals surface area contributed by atoms with Gasteiger partial charge in [0, 0.05) is 18.5 Å². The molecule has 35 heavy (non-hydrogen) atoms. The van der Waals surface area contributed by atoms with Crippen LogP contribution in [0.2, 0.25) is 0 Å². The lowest BCUT2D eigenvalue weighted by molar-refractivity contribution is -0.189. The van der Waals surface area contributed by atoms with E-state index in [4.69, 9.17) is 34.6 Å². The predicted octanol–water partition coefficient (Wildman–Crippen LogP) is 3.27. The number of rotatable bonds is 5. The van der Waals surface area contributed by atoms with Crippen molar-refractivity contribution in [1.82, 2.24) is 4.90 Å². The number of hydrogen-bond donors (Lipinski definition) is 0. The number of ether oxygens (including phenoxy) is 4. The first-order valence-corrected chi connectivity index (χ1v) is 10.8. The molecule has 2 aromatic rings. The Hall–Kier alpha value is -2.72. The first kappa shape index (κ1) is 25.4. The zero-order valence-electron chi connectivity index (χ0n) is 19.0. The number of amides is 1. The number of carbonyl (C=O) groups is 1. The highest BCUT2D eigenvalue weighted by Crippen LogP contribution is 2.47. The second-order valence-electron chi connectivity index (χ2n) is 8.50. The van der Waals surface area contributed by atoms with Crippen LogP contribution in [-0.4, -0.2) is 70.7 Å². The summed E-state index contributed by atoms with van der Waals surface area (Å²) in [5.41, 5.74) is -2.45. The second-order valence-corrected chi connectivity index (χ2v) is 8.50. The largest absolute Gasteiger partial charge is 0.493 e. The zero-order valence-corrected chi connectivity index (χ0v) is 19.0. The van der Waals surface area contributed by atoms with Gasteiger partial charge < -0.3 is 23.8 Å². The number of halogens is 4. The maximum absolute atomic E-state index is 13.9. The van der Waals surface area contributed by atoms with E-state index in [1.165, 1.54) is 48.4 Å². The van der Waals surface area contributed by atoms with E-state index in [1.807, 2.05) is 0 Å². The SMILES string of the molecule is [B]C1([B])O[C@@H]2CN(C(=O)c3ccc(OC(C)C(F)(F)F)c(OC)c3)CC[C@]2(c2cccc(F)c2)O1. The molecule has 4 radical (unpaired) electrons. The Morgan fingerprint density at radius 3 is 2.60 bits per heavy atom. The number of fused-ring (bicyclic) bond motifs is 1. The third-order valence-corrected chi connectivity index (χ3v) is 6.10. The van der Waals surface area contributed by atoms with Gasteiger partial charge in [-0.15, -0.1) is 0 Å². The Balaban J connectivity index is 1.56. The van der Waals surface area contributed by atoms with E-state index in [-0.39, 0.29) is 36.6 Å². The van der Waals surface area contributed by atoms with Gasteiger partial charge in [0.2, 0.25) is 0 Å². The lowest BCUT2D eigenvalue weighted by atomic mass is 9.76. The summed E-state index contributed by atoms with van der Waals surface area (Å²) in [6.45, 7) is 1.09. The van der Waals surface area contributed by atoms with Crippen LogP contribution in [0.4, 0.5) is 17.6 Å². The summed E-state index contributed by atoms with van der Waals surface area (Å²) in [5, 5.41) is 0. The van der Waals surface area contributed by atoms with Crippen molar-refractivity contribution < 1.29 is 41.3 Å². The third kappa shape index (κ3) is 4.99. The molecule has 182 valence electrons. The molecule has 0 saturated carbocycles. The number of methoxy groups -OCH3 is 1. The summed E-state index contributed by atoms with van der Waals surface area (Å²) in [4.78, 5) is 14.7. The van der Waals surface area contributed by atoms with Crippen molar-refractivity contribution in [2.24, 2.45) is 0 Å². The molecule has 1 amide bonds. The second kappa shape index (κ2) is 9.05. The molecule has 2 aliphatic heterocycles. The van der Waals surface area contributed by atoms with Crippen LogP contribution in [0.15, 0.2) is 42.5 Å². The van der Waals surface area contributed by atoms with E-state index in [0.717, 1.165) is 6.92 Å². The Labute approximate surface area is 202 Å². The monoisotopic (exact) mass is 489 g/mol. The van der Waals surface area contributed by atoms with Crippen molar-refractivity contribution >= 4 is 21.6 Å². The van der Waals surface area contributed by atoms with Gasteiger partial charge >= 0.3 is 6.18 Å². The fourth-order valence-corrected chi connectivity index (χ4v) is 4.34. The Bertz CT molecular complexity index is 1120. The van der Waals surface area contributed by atoms with Crippen molar-refractivity contribution in [3.63, 3.8) is 0 Å². The van der Waals surface area contributed by atoms with Crippen LogP contribution in [0.25, 0.3) is 0 Å². The van der Waals surface area contributed by atoms with Crippen molar-refractivity contribution in [2.75, 3.05) is 20.2 Å². The minimum atomic E-state index is -4.56. The summed E-state index contributed by atoms with van der Waals surface area (Å²) in [5.74, 6) is -1.08. The molecule has 0 N–H and O–H groups in total. The molecule has 2 aliphatic rings. The molecule has 2 saturated heterocycles. The summed E-state index contributed by atoms with van der Waals surface area (Å²) in [7, 11) is 13.0. The van der Waals surface area contributed by atoms with Crippen molar-refractivity contribution in [3.8, 4) is 11.5 Å². The number of benzene rings is 2. The maximum atomic E-state index is 13.9. The highest BCUT2D eigenvalue weighted by atomic mass is 19.4. The normalized spacial score (nSPS) is 24.5. The van der Waals surface area contributed by atoms with Crippen LogP contribution in [-0.2, 0) is 15.1 Å². The standard InChI is InChI=1S/C23H21B2F4NO5/c1-13(22(27,28)29)33-17-7-6-14(10-18(17)32-2)20(31)30-9-8-21(15-4-3-5-16(26)11-15)19(12-30)34-23(24,25)35-21/h3-7,10-11,13,19H,8-9,12H2,1-2H3/t13?,19-,21-/m1/s1. The molecule has 12 heteroatoms. The van der Waals surface area contributed by atoms with Crippen LogP contribution >= 0.6 is 0 Å². The van der Waals surface area contributed by atoms with Crippen LogP contribution in [0, 0.1) is 5.82 Å². The van der Waals surface area contributed by atoms with Gasteiger partial charge in [-0.1, -0.05) is 12.1 Å². The minimum Gasteiger partial charge on any atom is -0.493 e. The lowest BCUT2D eigenvalue weighted by Gasteiger charge is -2.42. The first-order chi connectivity index (χ1) is 16.3. The molecule has 2 fully saturated rings. The van der Waals surface area contributed by atoms with Crippen LogP contribution < -0.4 is 9.47 Å². The molecule has 3 atom stereocenters. The average molecular weight is 489 g/mol. The highest BCUT2D eigenvalue weighted by Gasteiger charge is 2.56. The van der Waals surface area contributed by atoms with Gasteiger partial charge in [-0.3, -0.25) is 4.79 Å². The number of piperidine rings is 1. The molecule has 0 aliphatic carbocycles. The number of likely N-dealkylation sites (tertiary alicyclic amines) is 1. The first-order valence-electron chi connectivity index (χ1n) is 10.8. The van der Waals surface area contributed by atoms with Crippen molar-refractivity contribution in [1.29, 1.82) is 0 Å². The third-order valence-electron chi connectivity index (χ3n) is 6.10. The highest BCUT2D eigenvalue weighted by molar-refractivity contribution is 6.38. The molecule has 0 aromatic heterocycles. The van der Waals surface area contributed by atoms with Crippen LogP contribution in [0.1, 0.15) is 29.3 Å². The predicted molar refractivity (Wildman–Crippen MR) is 118 cm³/mol. The molecule has 2 aromatic carbocycles. The minimum absolute atomic E-state index is 0.0250. The smallest absolute Gasteiger partial charge is 0.425 e. The molecule has 6 nitrogen and oxygen atoms in total. The topological polar surface area (TPSA) is 57.2 Å². The summed E-state index contributed by atoms with van der Waals surface area (Å²) < 4.78 is 74.2. The van der Waals surface area contributed by atoms with Gasteiger partial charge in [-0.25, -0.2) is 4.39 Å². The quantitative estimate of drug-likeness (QED) is 0.477. The zero-order chi connectivity index (χ0) is 25.6. The molecule has 4 rings (SSSR count). The fourth-order valence-electron chi connectivity index (χ4n) is 4.34. The number of nitrogens with zero attached hydrogens (tertiary/aromatic N) is 1. The molecule has 0 bridgehead atoms. The van der Waals surface area contributed by atoms with Gasteiger partial charge in [-0.2, -0.15) is 13.2 Å². The van der Waals surface area contributed by atoms with Crippen LogP contribution in [0.3, 0.4) is 0 Å². The maximum Gasteiger partial charge on any atom is 0.425 e. The number of hydrogen-bond acceptors (Lipinski definition) is 5. The van der Waals surface area contributed by atoms with Crippen molar-refractivity contribution in [2.45, 2.75) is 42.9 Å². The average Bonchev–Trinajstić information content (AvgIpc) is 3.08. The van der Waals surface area contributed by atoms with E-state index in [1.54, 1.807) is 6.07 Å². The Kier molecular flexibility index (Phi) is 6.56. The van der Waals surface area contributed by atoms with Crippen molar-refractivity contribution in [3.05, 3.63) is 59.4 Å². The van der Waals surface area contributed by atoms with Gasteiger partial charge in [0.1, 0.15) is 33.2 Å². The lowest BCUT2D eigenvalue weighted by Crippen LogP contribution is -2.53. The van der Waals surface area contributed by atoms with E-state index in [0.29, 0.717) is 5.56 Å². The van der Waals surface area contributed by atoms with E-state index in [2.05, 4.69) is 0 Å². The van der Waals surface area contributed by atoms with E-state index < -0.39 is 41.3 Å². The molecular formula is C23H21B2F4NO5. The molecular weight excluding hydrogens is 468 g/mol. The summed E-state index contributed by atoms with van der Waals surface area (Å²) >= 11 is 0. The van der Waals surface area contributed by atoms with Gasteiger partial charge in [0.05, 0.1) is 19.2 Å². The number of alkyl halides is 3. The fraction of sp³-hybridized carbons (Fsp3) is 0.435. The summed E-state index contributed by atoms with van der Waals surface area (Å²) in [6.07, 6.45) is -7.21. The van der Waals surface area contributed by atoms with Gasteiger partial charge in [-0.05, 0) is 42.8 Å². The Morgan fingerprint density at radius 2 is 1.94 bits per heavy atom. The molecule has 2 heterocycles. The van der Waals surface area contributed by atoms with E-state index in [9.17, 15) is 22.4 Å². The van der Waals surface area contributed by atoms with E-state index >= 15 is 0 Å².